The Morgan fingerprint density at radius 1 is 1.18 bits per heavy atom. The molecule has 1 aliphatic heterocycles. The molecule has 0 aromatic carbocycles. The van der Waals surface area contributed by atoms with Gasteiger partial charge < -0.3 is 20.6 Å². The summed E-state index contributed by atoms with van der Waals surface area (Å²) in [7, 11) is 0. The average Bonchev–Trinajstić information content (AvgIpc) is 2.83. The van der Waals surface area contributed by atoms with Crippen LogP contribution in [0.25, 0.3) is 0 Å². The minimum Gasteiger partial charge on any atom is -0.396 e. The monoisotopic (exact) mass is 306 g/mol. The van der Waals surface area contributed by atoms with E-state index in [0.29, 0.717) is 19.5 Å². The predicted octanol–water partition coefficient (Wildman–Crippen LogP) is 1.64. The van der Waals surface area contributed by atoms with E-state index in [2.05, 4.69) is 20.5 Å². The Morgan fingerprint density at radius 3 is 2.59 bits per heavy atom. The van der Waals surface area contributed by atoms with Crippen LogP contribution >= 0.6 is 0 Å². The molecule has 2 amide bonds. The fourth-order valence-corrected chi connectivity index (χ4v) is 2.53. The molecule has 22 heavy (non-hydrogen) atoms. The van der Waals surface area contributed by atoms with E-state index in [1.807, 2.05) is 18.3 Å². The second-order valence-electron chi connectivity index (χ2n) is 5.61. The molecule has 1 saturated heterocycles. The van der Waals surface area contributed by atoms with E-state index in [1.54, 1.807) is 0 Å². The molecule has 0 atom stereocenters. The van der Waals surface area contributed by atoms with Crippen LogP contribution in [0.3, 0.4) is 0 Å². The maximum Gasteiger partial charge on any atom is 0.315 e. The molecule has 1 aliphatic rings. The largest absolute Gasteiger partial charge is 0.396 e. The first-order valence-corrected chi connectivity index (χ1v) is 8.12. The van der Waals surface area contributed by atoms with Crippen LogP contribution in [0.2, 0.25) is 0 Å². The smallest absolute Gasteiger partial charge is 0.315 e. The number of anilines is 1. The highest BCUT2D eigenvalue weighted by molar-refractivity contribution is 5.73. The zero-order valence-corrected chi connectivity index (χ0v) is 13.1. The Hall–Kier alpha value is -1.82. The molecule has 0 spiro atoms. The van der Waals surface area contributed by atoms with Crippen LogP contribution in [0.15, 0.2) is 18.3 Å². The van der Waals surface area contributed by atoms with E-state index in [9.17, 15) is 4.79 Å². The molecule has 0 aliphatic carbocycles. The Bertz CT molecular complexity index is 442. The molecule has 0 radical (unpaired) electrons. The second-order valence-corrected chi connectivity index (χ2v) is 5.61. The minimum absolute atomic E-state index is 0.0855. The molecular weight excluding hydrogens is 280 g/mol. The summed E-state index contributed by atoms with van der Waals surface area (Å²) in [5.41, 5.74) is 0.982. The average molecular weight is 306 g/mol. The lowest BCUT2D eigenvalue weighted by Crippen LogP contribution is -2.35. The number of urea groups is 1. The zero-order valence-electron chi connectivity index (χ0n) is 13.1. The number of nitrogens with zero attached hydrogens (tertiary/aromatic N) is 2. The molecule has 1 aromatic rings. The summed E-state index contributed by atoms with van der Waals surface area (Å²) in [6.45, 7) is 3.19. The third-order valence-corrected chi connectivity index (χ3v) is 3.81. The van der Waals surface area contributed by atoms with E-state index < -0.39 is 0 Å². The van der Waals surface area contributed by atoms with Gasteiger partial charge in [0.1, 0.15) is 5.82 Å². The lowest BCUT2D eigenvalue weighted by molar-refractivity contribution is 0.237. The number of rotatable bonds is 6. The summed E-state index contributed by atoms with van der Waals surface area (Å²) in [5, 5.41) is 14.1. The van der Waals surface area contributed by atoms with Gasteiger partial charge in [-0.3, -0.25) is 0 Å². The molecule has 2 rings (SSSR count). The first kappa shape index (κ1) is 16.5. The first-order valence-electron chi connectivity index (χ1n) is 8.12. The van der Waals surface area contributed by atoms with Gasteiger partial charge in [-0.05, 0) is 30.9 Å². The van der Waals surface area contributed by atoms with Crippen molar-refractivity contribution in [1.82, 2.24) is 15.6 Å². The van der Waals surface area contributed by atoms with Crippen LogP contribution in [0, 0.1) is 0 Å². The SMILES string of the molecule is O=C(NCCCO)NCc1ccc(N2CCCCCC2)nc1. The van der Waals surface area contributed by atoms with Gasteiger partial charge in [0.2, 0.25) is 0 Å². The highest BCUT2D eigenvalue weighted by Crippen LogP contribution is 2.17. The standard InChI is InChI=1S/C16H26N4O2/c21-11-5-8-17-16(22)19-13-14-6-7-15(18-12-14)20-9-3-1-2-4-10-20/h6-7,12,21H,1-5,8-11,13H2,(H2,17,19,22). The van der Waals surface area contributed by atoms with E-state index in [1.165, 1.54) is 25.7 Å². The van der Waals surface area contributed by atoms with Gasteiger partial charge in [-0.1, -0.05) is 18.9 Å². The Kier molecular flexibility index (Phi) is 6.96. The summed E-state index contributed by atoms with van der Waals surface area (Å²) in [4.78, 5) is 18.4. The molecule has 122 valence electrons. The van der Waals surface area contributed by atoms with E-state index >= 15 is 0 Å². The lowest BCUT2D eigenvalue weighted by Gasteiger charge is -2.21. The maximum absolute atomic E-state index is 11.5. The third-order valence-electron chi connectivity index (χ3n) is 3.81. The summed E-state index contributed by atoms with van der Waals surface area (Å²) in [6, 6.07) is 3.83. The van der Waals surface area contributed by atoms with Crippen LogP contribution in [-0.2, 0) is 6.54 Å². The number of carbonyl (C=O) groups is 1. The third kappa shape index (κ3) is 5.52. The Morgan fingerprint density at radius 2 is 1.95 bits per heavy atom. The van der Waals surface area contributed by atoms with Gasteiger partial charge in [0.15, 0.2) is 0 Å². The number of hydrogen-bond acceptors (Lipinski definition) is 4. The van der Waals surface area contributed by atoms with E-state index in [0.717, 1.165) is 24.5 Å². The molecule has 2 heterocycles. The van der Waals surface area contributed by atoms with Crippen molar-refractivity contribution in [2.24, 2.45) is 0 Å². The van der Waals surface area contributed by atoms with Crippen molar-refractivity contribution in [1.29, 1.82) is 0 Å². The van der Waals surface area contributed by atoms with Crippen molar-refractivity contribution in [2.45, 2.75) is 38.6 Å². The van der Waals surface area contributed by atoms with Crippen molar-refractivity contribution < 1.29 is 9.90 Å². The van der Waals surface area contributed by atoms with E-state index in [4.69, 9.17) is 5.11 Å². The van der Waals surface area contributed by atoms with Crippen molar-refractivity contribution in [3.8, 4) is 0 Å². The van der Waals surface area contributed by atoms with Gasteiger partial charge >= 0.3 is 6.03 Å². The number of aliphatic hydroxyl groups is 1. The Balaban J connectivity index is 1.77. The number of nitrogens with one attached hydrogen (secondary N) is 2. The van der Waals surface area contributed by atoms with Crippen molar-refractivity contribution >= 4 is 11.8 Å². The van der Waals surface area contributed by atoms with Crippen LogP contribution in [0.5, 0.6) is 0 Å². The summed E-state index contributed by atoms with van der Waals surface area (Å²) in [5.74, 6) is 1.03. The molecule has 0 saturated carbocycles. The summed E-state index contributed by atoms with van der Waals surface area (Å²) >= 11 is 0. The molecule has 0 unspecified atom stereocenters. The number of amides is 2. The quantitative estimate of drug-likeness (QED) is 0.698. The van der Waals surface area contributed by atoms with Gasteiger partial charge in [0, 0.05) is 39.0 Å². The maximum atomic E-state index is 11.5. The van der Waals surface area contributed by atoms with E-state index in [-0.39, 0.29) is 12.6 Å². The molecule has 1 fully saturated rings. The van der Waals surface area contributed by atoms with Crippen LogP contribution in [-0.4, -0.2) is 42.4 Å². The van der Waals surface area contributed by atoms with Gasteiger partial charge in [0.05, 0.1) is 0 Å². The number of carbonyl (C=O) groups excluding carboxylic acids is 1. The van der Waals surface area contributed by atoms with Crippen molar-refractivity contribution in [2.75, 3.05) is 31.1 Å². The molecule has 3 N–H and O–H groups in total. The topological polar surface area (TPSA) is 77.5 Å². The highest BCUT2D eigenvalue weighted by atomic mass is 16.3. The normalized spacial score (nSPS) is 15.2. The van der Waals surface area contributed by atoms with Gasteiger partial charge in [-0.15, -0.1) is 0 Å². The molecule has 1 aromatic heterocycles. The molecule has 0 bridgehead atoms. The van der Waals surface area contributed by atoms with Crippen molar-refractivity contribution in [3.05, 3.63) is 23.9 Å². The minimum atomic E-state index is -0.218. The number of aliphatic hydroxyl groups excluding tert-OH is 1. The first-order chi connectivity index (χ1) is 10.8. The summed E-state index contributed by atoms with van der Waals surface area (Å²) < 4.78 is 0. The fraction of sp³-hybridized carbons (Fsp3) is 0.625. The number of hydrogen-bond donors (Lipinski definition) is 3. The highest BCUT2D eigenvalue weighted by Gasteiger charge is 2.10. The molecule has 6 heteroatoms. The van der Waals surface area contributed by atoms with Crippen LogP contribution < -0.4 is 15.5 Å². The predicted molar refractivity (Wildman–Crippen MR) is 86.9 cm³/mol. The summed E-state index contributed by atoms with van der Waals surface area (Å²) in [6.07, 6.45) is 7.49. The fourth-order valence-electron chi connectivity index (χ4n) is 2.53. The Labute approximate surface area is 131 Å². The van der Waals surface area contributed by atoms with Crippen LogP contribution in [0.4, 0.5) is 10.6 Å². The zero-order chi connectivity index (χ0) is 15.6. The van der Waals surface area contributed by atoms with Crippen molar-refractivity contribution in [3.63, 3.8) is 0 Å². The molecular formula is C16H26N4O2. The van der Waals surface area contributed by atoms with Gasteiger partial charge in [-0.25, -0.2) is 9.78 Å². The van der Waals surface area contributed by atoms with Gasteiger partial charge in [-0.2, -0.15) is 0 Å². The molecule has 6 nitrogen and oxygen atoms in total. The second kappa shape index (κ2) is 9.25. The van der Waals surface area contributed by atoms with Crippen LogP contribution in [0.1, 0.15) is 37.7 Å². The van der Waals surface area contributed by atoms with Gasteiger partial charge in [0.25, 0.3) is 0 Å². The number of aromatic nitrogens is 1. The lowest BCUT2D eigenvalue weighted by atomic mass is 10.2. The number of pyridine rings is 1.